The van der Waals surface area contributed by atoms with Gasteiger partial charge in [-0.05, 0) is 86.2 Å². The van der Waals surface area contributed by atoms with Crippen molar-refractivity contribution in [2.24, 2.45) is 11.8 Å². The van der Waals surface area contributed by atoms with Crippen molar-refractivity contribution < 1.29 is 14.0 Å². The quantitative estimate of drug-likeness (QED) is 0.366. The van der Waals surface area contributed by atoms with Crippen molar-refractivity contribution >= 4 is 28.6 Å². The van der Waals surface area contributed by atoms with Crippen LogP contribution in [0.1, 0.15) is 41.3 Å². The van der Waals surface area contributed by atoms with Crippen LogP contribution in [-0.4, -0.2) is 34.8 Å². The lowest BCUT2D eigenvalue weighted by Crippen LogP contribution is -2.41. The number of rotatable bonds is 5. The number of piperidine rings is 1. The molecule has 0 radical (unpaired) electrons. The van der Waals surface area contributed by atoms with Crippen molar-refractivity contribution in [3.05, 3.63) is 83.4 Å². The van der Waals surface area contributed by atoms with Gasteiger partial charge in [0.25, 0.3) is 5.91 Å². The van der Waals surface area contributed by atoms with Crippen molar-refractivity contribution in [2.45, 2.75) is 33.6 Å². The lowest BCUT2D eigenvalue weighted by molar-refractivity contribution is -0.121. The maximum atomic E-state index is 13.2. The van der Waals surface area contributed by atoms with E-state index in [0.717, 1.165) is 29.7 Å². The molecule has 1 saturated heterocycles. The fourth-order valence-corrected chi connectivity index (χ4v) is 4.84. The Balaban J connectivity index is 1.20. The Labute approximate surface area is 211 Å². The molecule has 3 aromatic carbocycles. The monoisotopic (exact) mass is 481 g/mol. The zero-order valence-corrected chi connectivity index (χ0v) is 21.0. The summed E-state index contributed by atoms with van der Waals surface area (Å²) < 4.78 is 5.88. The minimum atomic E-state index is -0.119. The maximum absolute atomic E-state index is 13.2. The predicted octanol–water partition coefficient (Wildman–Crippen LogP) is 6.24. The fourth-order valence-electron chi connectivity index (χ4n) is 4.84. The van der Waals surface area contributed by atoms with Gasteiger partial charge in [-0.25, -0.2) is 4.98 Å². The number of fused-ring (bicyclic) bond motifs is 1. The smallest absolute Gasteiger partial charge is 0.253 e. The summed E-state index contributed by atoms with van der Waals surface area (Å²) in [5.74, 6) is 0.698. The maximum Gasteiger partial charge on any atom is 0.253 e. The van der Waals surface area contributed by atoms with Gasteiger partial charge < -0.3 is 14.6 Å². The van der Waals surface area contributed by atoms with Crippen molar-refractivity contribution in [1.29, 1.82) is 0 Å². The molecule has 1 atom stereocenters. The first-order valence-electron chi connectivity index (χ1n) is 12.5. The summed E-state index contributed by atoms with van der Waals surface area (Å²) in [5, 5.41) is 3.06. The van der Waals surface area contributed by atoms with Crippen LogP contribution < -0.4 is 5.32 Å². The molecule has 1 aromatic heterocycles. The van der Waals surface area contributed by atoms with E-state index in [2.05, 4.69) is 17.2 Å². The third-order valence-corrected chi connectivity index (χ3v) is 7.38. The van der Waals surface area contributed by atoms with Gasteiger partial charge in [0.2, 0.25) is 11.8 Å². The molecule has 2 amide bonds. The number of aromatic nitrogens is 1. The molecule has 0 aliphatic carbocycles. The molecule has 1 fully saturated rings. The fraction of sp³-hybridized carbons (Fsp3) is 0.300. The minimum Gasteiger partial charge on any atom is -0.436 e. The number of nitrogens with one attached hydrogen (secondary N) is 1. The third-order valence-electron chi connectivity index (χ3n) is 7.38. The topological polar surface area (TPSA) is 75.4 Å². The van der Waals surface area contributed by atoms with Crippen LogP contribution in [0, 0.1) is 25.7 Å². The van der Waals surface area contributed by atoms with Crippen LogP contribution in [0.4, 0.5) is 5.69 Å². The van der Waals surface area contributed by atoms with Gasteiger partial charge >= 0.3 is 0 Å². The Morgan fingerprint density at radius 1 is 0.972 bits per heavy atom. The van der Waals surface area contributed by atoms with E-state index in [9.17, 15) is 9.59 Å². The molecular weight excluding hydrogens is 450 g/mol. The number of anilines is 1. The second kappa shape index (κ2) is 9.97. The summed E-state index contributed by atoms with van der Waals surface area (Å²) in [6.45, 7) is 7.36. The molecule has 36 heavy (non-hydrogen) atoms. The van der Waals surface area contributed by atoms with Crippen LogP contribution in [0.5, 0.6) is 0 Å². The number of carbonyl (C=O) groups excluding carboxylic acids is 2. The van der Waals surface area contributed by atoms with E-state index in [1.807, 2.05) is 73.3 Å². The number of nitrogens with zero attached hydrogens (tertiary/aromatic N) is 2. The van der Waals surface area contributed by atoms with Gasteiger partial charge in [0.1, 0.15) is 5.52 Å². The minimum absolute atomic E-state index is 0.00755. The third kappa shape index (κ3) is 4.89. The summed E-state index contributed by atoms with van der Waals surface area (Å²) in [6, 6.07) is 21.1. The van der Waals surface area contributed by atoms with E-state index >= 15 is 0 Å². The van der Waals surface area contributed by atoms with Gasteiger partial charge in [0, 0.05) is 35.8 Å². The highest BCUT2D eigenvalue weighted by Crippen LogP contribution is 2.29. The number of hydrogen-bond donors (Lipinski definition) is 1. The van der Waals surface area contributed by atoms with Gasteiger partial charge in [-0.2, -0.15) is 0 Å². The Hall–Kier alpha value is -3.93. The summed E-state index contributed by atoms with van der Waals surface area (Å²) >= 11 is 0. The lowest BCUT2D eigenvalue weighted by atomic mass is 9.84. The molecule has 0 bridgehead atoms. The number of oxazole rings is 1. The van der Waals surface area contributed by atoms with Crippen LogP contribution in [0.15, 0.2) is 71.1 Å². The Morgan fingerprint density at radius 3 is 2.44 bits per heavy atom. The summed E-state index contributed by atoms with van der Waals surface area (Å²) in [6.07, 6.45) is 1.61. The van der Waals surface area contributed by atoms with Crippen LogP contribution in [0.3, 0.4) is 0 Å². The molecule has 1 aliphatic rings. The van der Waals surface area contributed by atoms with E-state index < -0.39 is 0 Å². The van der Waals surface area contributed by atoms with Crippen molar-refractivity contribution in [3.8, 4) is 11.5 Å². The zero-order chi connectivity index (χ0) is 25.2. The van der Waals surface area contributed by atoms with E-state index in [1.165, 1.54) is 5.56 Å². The van der Waals surface area contributed by atoms with Gasteiger partial charge in [0.15, 0.2) is 5.58 Å². The zero-order valence-electron chi connectivity index (χ0n) is 21.0. The van der Waals surface area contributed by atoms with E-state index in [-0.39, 0.29) is 23.7 Å². The van der Waals surface area contributed by atoms with E-state index in [1.54, 1.807) is 12.1 Å². The SMILES string of the molecule is Cc1ccc(NC(=O)C(C)C2CCN(C(=O)c3ccc4oc(-c5ccccc5)nc4c3)CC2)cc1C. The Morgan fingerprint density at radius 2 is 1.72 bits per heavy atom. The number of aryl methyl sites for hydroxylation is 2. The van der Waals surface area contributed by atoms with Crippen LogP contribution in [0.25, 0.3) is 22.6 Å². The van der Waals surface area contributed by atoms with E-state index in [4.69, 9.17) is 4.42 Å². The van der Waals surface area contributed by atoms with Crippen LogP contribution in [-0.2, 0) is 4.79 Å². The molecule has 5 rings (SSSR count). The molecule has 1 unspecified atom stereocenters. The van der Waals surface area contributed by atoms with E-state index in [0.29, 0.717) is 35.6 Å². The standard InChI is InChI=1S/C30H31N3O3/c1-19-9-11-25(17-20(19)2)31-28(34)21(3)22-13-15-33(16-14-22)30(35)24-10-12-27-26(18-24)32-29(36-27)23-7-5-4-6-8-23/h4-12,17-18,21-22H,13-16H2,1-3H3,(H,31,34). The average molecular weight is 482 g/mol. The average Bonchev–Trinajstić information content (AvgIpc) is 3.34. The number of hydrogen-bond acceptors (Lipinski definition) is 4. The molecule has 1 aliphatic heterocycles. The highest BCUT2D eigenvalue weighted by atomic mass is 16.3. The normalized spacial score (nSPS) is 15.1. The summed E-state index contributed by atoms with van der Waals surface area (Å²) in [7, 11) is 0. The lowest BCUT2D eigenvalue weighted by Gasteiger charge is -2.34. The molecule has 6 heteroatoms. The number of likely N-dealkylation sites (tertiary alicyclic amines) is 1. The van der Waals surface area contributed by atoms with Crippen molar-refractivity contribution in [3.63, 3.8) is 0 Å². The predicted molar refractivity (Wildman–Crippen MR) is 142 cm³/mol. The van der Waals surface area contributed by atoms with Gasteiger partial charge in [0.05, 0.1) is 0 Å². The molecule has 0 saturated carbocycles. The van der Waals surface area contributed by atoms with Gasteiger partial charge in [-0.1, -0.05) is 31.2 Å². The molecule has 1 N–H and O–H groups in total. The largest absolute Gasteiger partial charge is 0.436 e. The van der Waals surface area contributed by atoms with Crippen molar-refractivity contribution in [1.82, 2.24) is 9.88 Å². The molecular formula is C30H31N3O3. The van der Waals surface area contributed by atoms with Crippen LogP contribution >= 0.6 is 0 Å². The molecule has 0 spiro atoms. The first-order valence-corrected chi connectivity index (χ1v) is 12.5. The molecule has 6 nitrogen and oxygen atoms in total. The van der Waals surface area contributed by atoms with Gasteiger partial charge in [-0.15, -0.1) is 0 Å². The second-order valence-corrected chi connectivity index (χ2v) is 9.77. The molecule has 4 aromatic rings. The van der Waals surface area contributed by atoms with Crippen molar-refractivity contribution in [2.75, 3.05) is 18.4 Å². The molecule has 184 valence electrons. The number of benzene rings is 3. The molecule has 2 heterocycles. The Kier molecular flexibility index (Phi) is 6.59. The highest BCUT2D eigenvalue weighted by molar-refractivity contribution is 5.97. The van der Waals surface area contributed by atoms with Gasteiger partial charge in [-0.3, -0.25) is 9.59 Å². The second-order valence-electron chi connectivity index (χ2n) is 9.77. The highest BCUT2D eigenvalue weighted by Gasteiger charge is 2.30. The summed E-state index contributed by atoms with van der Waals surface area (Å²) in [5.41, 5.74) is 6.04. The number of carbonyl (C=O) groups is 2. The number of amides is 2. The van der Waals surface area contributed by atoms with Crippen LogP contribution in [0.2, 0.25) is 0 Å². The summed E-state index contributed by atoms with van der Waals surface area (Å²) in [4.78, 5) is 32.6. The first kappa shape index (κ1) is 23.8. The Bertz CT molecular complexity index is 1400. The first-order chi connectivity index (χ1) is 17.4.